The van der Waals surface area contributed by atoms with E-state index in [1.54, 1.807) is 49.4 Å². The number of amides is 1. The van der Waals surface area contributed by atoms with Crippen LogP contribution < -0.4 is 10.2 Å². The zero-order valence-electron chi connectivity index (χ0n) is 18.0. The first-order chi connectivity index (χ1) is 16.3. The van der Waals surface area contributed by atoms with Crippen molar-refractivity contribution in [1.29, 1.82) is 5.26 Å². The third-order valence-electron chi connectivity index (χ3n) is 5.57. The van der Waals surface area contributed by atoms with Gasteiger partial charge in [-0.05, 0) is 64.3 Å². The number of hydrogen-bond donors (Lipinski definition) is 3. The summed E-state index contributed by atoms with van der Waals surface area (Å²) < 4.78 is 13.9. The first kappa shape index (κ1) is 23.4. The number of halogens is 2. The largest absolute Gasteiger partial charge is 0.507 e. The van der Waals surface area contributed by atoms with Crippen LogP contribution in [0.4, 0.5) is 10.2 Å². The minimum Gasteiger partial charge on any atom is -0.507 e. The molecule has 172 valence electrons. The highest BCUT2D eigenvalue weighted by Crippen LogP contribution is 2.37. The van der Waals surface area contributed by atoms with Crippen LogP contribution in [0.3, 0.4) is 0 Å². The van der Waals surface area contributed by atoms with Crippen molar-refractivity contribution in [3.05, 3.63) is 98.9 Å². The van der Waals surface area contributed by atoms with Crippen LogP contribution in [0.25, 0.3) is 5.76 Å². The molecule has 0 saturated heterocycles. The molecule has 1 aromatic heterocycles. The number of benzene rings is 2. The molecule has 2 unspecified atom stereocenters. The fourth-order valence-corrected chi connectivity index (χ4v) is 4.08. The van der Waals surface area contributed by atoms with E-state index in [0.717, 1.165) is 5.56 Å². The number of aliphatic hydroxyl groups is 2. The predicted octanol–water partition coefficient (Wildman–Crippen LogP) is 4.34. The summed E-state index contributed by atoms with van der Waals surface area (Å²) in [5, 5.41) is 33.8. The second-order valence-corrected chi connectivity index (χ2v) is 8.76. The van der Waals surface area contributed by atoms with Crippen molar-refractivity contribution in [3.63, 3.8) is 0 Å². The number of rotatable bonds is 5. The molecule has 1 aliphatic heterocycles. The van der Waals surface area contributed by atoms with Crippen LogP contribution >= 0.6 is 15.9 Å². The molecule has 0 spiro atoms. The fraction of sp³-hybridized carbons (Fsp3) is 0.160. The summed E-state index contributed by atoms with van der Waals surface area (Å²) in [6.07, 6.45) is 0.0218. The van der Waals surface area contributed by atoms with Gasteiger partial charge in [0.15, 0.2) is 6.23 Å². The fourth-order valence-electron chi connectivity index (χ4n) is 3.75. The molecule has 3 N–H and O–H groups in total. The van der Waals surface area contributed by atoms with Gasteiger partial charge in [-0.25, -0.2) is 9.37 Å². The van der Waals surface area contributed by atoms with E-state index in [4.69, 9.17) is 5.26 Å². The van der Waals surface area contributed by atoms with Gasteiger partial charge in [-0.2, -0.15) is 5.26 Å². The molecular weight excluding hydrogens is 503 g/mol. The number of nitriles is 1. The standard InChI is InChI=1S/C25H20BrFN4O3/c1-14(17-6-2-15(11-28)3-7-17)30-24(33)21-22(32)20-10-18(26)12-29-23(20)31(25(21)34)13-16-4-8-19(27)9-5-16/h2-10,12,14,25,32,34H,13H2,1H3,(H,30,33). The van der Waals surface area contributed by atoms with E-state index >= 15 is 0 Å². The smallest absolute Gasteiger partial charge is 0.256 e. The second kappa shape index (κ2) is 9.63. The molecule has 7 nitrogen and oxygen atoms in total. The lowest BCUT2D eigenvalue weighted by Gasteiger charge is -2.36. The molecule has 1 amide bonds. The molecule has 0 fully saturated rings. The Kier molecular flexibility index (Phi) is 6.63. The molecule has 2 aromatic carbocycles. The second-order valence-electron chi connectivity index (χ2n) is 7.84. The Bertz CT molecular complexity index is 1300. The van der Waals surface area contributed by atoms with E-state index in [1.807, 2.05) is 6.07 Å². The number of aliphatic hydroxyl groups excluding tert-OH is 2. The number of hydrogen-bond acceptors (Lipinski definition) is 6. The van der Waals surface area contributed by atoms with E-state index in [1.165, 1.54) is 23.2 Å². The van der Waals surface area contributed by atoms with Gasteiger partial charge < -0.3 is 20.4 Å². The molecule has 0 aliphatic carbocycles. The van der Waals surface area contributed by atoms with Gasteiger partial charge in [0, 0.05) is 17.2 Å². The number of nitrogens with zero attached hydrogens (tertiary/aromatic N) is 3. The van der Waals surface area contributed by atoms with Gasteiger partial charge in [-0.3, -0.25) is 4.79 Å². The molecule has 2 heterocycles. The first-order valence-corrected chi connectivity index (χ1v) is 11.2. The number of fused-ring (bicyclic) bond motifs is 1. The molecule has 4 rings (SSSR count). The van der Waals surface area contributed by atoms with Gasteiger partial charge >= 0.3 is 0 Å². The predicted molar refractivity (Wildman–Crippen MR) is 128 cm³/mol. The highest BCUT2D eigenvalue weighted by molar-refractivity contribution is 9.10. The van der Waals surface area contributed by atoms with E-state index in [0.29, 0.717) is 15.6 Å². The van der Waals surface area contributed by atoms with Gasteiger partial charge in [0.2, 0.25) is 0 Å². The maximum Gasteiger partial charge on any atom is 0.256 e. The van der Waals surface area contributed by atoms with Crippen LogP contribution in [0.2, 0.25) is 0 Å². The quantitative estimate of drug-likeness (QED) is 0.459. The number of pyridine rings is 1. The lowest BCUT2D eigenvalue weighted by molar-refractivity contribution is -0.119. The van der Waals surface area contributed by atoms with E-state index in [9.17, 15) is 19.4 Å². The van der Waals surface area contributed by atoms with Crippen molar-refractivity contribution in [2.75, 3.05) is 4.90 Å². The zero-order chi connectivity index (χ0) is 24.4. The Hall–Kier alpha value is -3.74. The molecule has 2 atom stereocenters. The summed E-state index contributed by atoms with van der Waals surface area (Å²) in [6.45, 7) is 1.88. The number of carbonyl (C=O) groups excluding carboxylic acids is 1. The molecule has 34 heavy (non-hydrogen) atoms. The van der Waals surface area contributed by atoms with Crippen LogP contribution in [0.15, 0.2) is 70.8 Å². The van der Waals surface area contributed by atoms with Crippen LogP contribution in [0.1, 0.15) is 35.2 Å². The summed E-state index contributed by atoms with van der Waals surface area (Å²) in [6, 6.07) is 15.7. The Balaban J connectivity index is 1.67. The monoisotopic (exact) mass is 522 g/mol. The minimum atomic E-state index is -1.50. The van der Waals surface area contributed by atoms with Crippen molar-refractivity contribution in [3.8, 4) is 6.07 Å². The lowest BCUT2D eigenvalue weighted by atomic mass is 9.99. The van der Waals surface area contributed by atoms with E-state index < -0.39 is 18.2 Å². The van der Waals surface area contributed by atoms with E-state index in [2.05, 4.69) is 26.2 Å². The van der Waals surface area contributed by atoms with Gasteiger partial charge in [0.1, 0.15) is 23.0 Å². The highest BCUT2D eigenvalue weighted by Gasteiger charge is 2.37. The minimum absolute atomic E-state index is 0.123. The Morgan fingerprint density at radius 1 is 1.26 bits per heavy atom. The molecule has 3 aromatic rings. The normalized spacial score (nSPS) is 16.0. The third-order valence-corrected chi connectivity index (χ3v) is 6.00. The Morgan fingerprint density at radius 3 is 2.59 bits per heavy atom. The molecule has 9 heteroatoms. The van der Waals surface area contributed by atoms with Crippen molar-refractivity contribution in [2.45, 2.75) is 25.7 Å². The molecular formula is C25H20BrFN4O3. The van der Waals surface area contributed by atoms with Gasteiger partial charge in [-0.15, -0.1) is 0 Å². The maximum atomic E-state index is 13.4. The number of nitrogens with one attached hydrogen (secondary N) is 1. The third kappa shape index (κ3) is 4.64. The number of aromatic nitrogens is 1. The summed E-state index contributed by atoms with van der Waals surface area (Å²) in [5.41, 5.74) is 1.98. The SMILES string of the molecule is CC(NC(=O)C1=C(O)c2cc(Br)cnc2N(Cc2ccc(F)cc2)C1O)c1ccc(C#N)cc1. The Labute approximate surface area is 203 Å². The van der Waals surface area contributed by atoms with Crippen LogP contribution in [0.5, 0.6) is 0 Å². The van der Waals surface area contributed by atoms with Crippen molar-refractivity contribution in [2.24, 2.45) is 0 Å². The van der Waals surface area contributed by atoms with Crippen LogP contribution in [-0.4, -0.2) is 27.3 Å². The van der Waals surface area contributed by atoms with Gasteiger partial charge in [0.25, 0.3) is 5.91 Å². The summed E-state index contributed by atoms with van der Waals surface area (Å²) in [5.74, 6) is -1.14. The summed E-state index contributed by atoms with van der Waals surface area (Å²) in [7, 11) is 0. The molecule has 0 radical (unpaired) electrons. The molecule has 1 aliphatic rings. The molecule has 0 saturated carbocycles. The summed E-state index contributed by atoms with van der Waals surface area (Å²) >= 11 is 3.32. The average Bonchev–Trinajstić information content (AvgIpc) is 2.83. The molecule has 0 bridgehead atoms. The zero-order valence-corrected chi connectivity index (χ0v) is 19.6. The number of carbonyl (C=O) groups is 1. The van der Waals surface area contributed by atoms with Crippen LogP contribution in [-0.2, 0) is 11.3 Å². The number of anilines is 1. The van der Waals surface area contributed by atoms with E-state index in [-0.39, 0.29) is 35.1 Å². The van der Waals surface area contributed by atoms with Gasteiger partial charge in [0.05, 0.1) is 23.2 Å². The summed E-state index contributed by atoms with van der Waals surface area (Å²) in [4.78, 5) is 19.0. The van der Waals surface area contributed by atoms with Crippen molar-refractivity contribution in [1.82, 2.24) is 10.3 Å². The average molecular weight is 523 g/mol. The topological polar surface area (TPSA) is 109 Å². The Morgan fingerprint density at radius 2 is 1.94 bits per heavy atom. The van der Waals surface area contributed by atoms with Crippen molar-refractivity contribution >= 4 is 33.4 Å². The highest BCUT2D eigenvalue weighted by atomic mass is 79.9. The maximum absolute atomic E-state index is 13.4. The van der Waals surface area contributed by atoms with Crippen LogP contribution in [0, 0.1) is 17.1 Å². The van der Waals surface area contributed by atoms with Gasteiger partial charge in [-0.1, -0.05) is 24.3 Å². The van der Waals surface area contributed by atoms with Crippen molar-refractivity contribution < 1.29 is 19.4 Å². The first-order valence-electron chi connectivity index (χ1n) is 10.4. The lowest BCUT2D eigenvalue weighted by Crippen LogP contribution is -2.45.